The van der Waals surface area contributed by atoms with Crippen LogP contribution in [0.2, 0.25) is 5.02 Å². The molecule has 0 bridgehead atoms. The average molecular weight is 406 g/mol. The van der Waals surface area contributed by atoms with Crippen LogP contribution < -0.4 is 10.6 Å². The normalized spacial score (nSPS) is 17.9. The molecule has 1 saturated heterocycles. The summed E-state index contributed by atoms with van der Waals surface area (Å²) >= 11 is 7.19. The van der Waals surface area contributed by atoms with Crippen molar-refractivity contribution in [2.24, 2.45) is 4.99 Å². The molecule has 27 heavy (non-hydrogen) atoms. The molecule has 2 amide bonds. The Morgan fingerprint density at radius 2 is 2.00 bits per heavy atom. The van der Waals surface area contributed by atoms with Crippen LogP contribution in [0.3, 0.4) is 0 Å². The van der Waals surface area contributed by atoms with E-state index in [-0.39, 0.29) is 24.1 Å². The first-order chi connectivity index (χ1) is 12.8. The zero-order valence-corrected chi connectivity index (χ0v) is 16.2. The van der Waals surface area contributed by atoms with Gasteiger partial charge in [-0.05, 0) is 49.2 Å². The molecule has 140 valence electrons. The summed E-state index contributed by atoms with van der Waals surface area (Å²) in [5.74, 6) is -0.965. The molecule has 5 nitrogen and oxygen atoms in total. The lowest BCUT2D eigenvalue weighted by molar-refractivity contribution is -0.122. The number of nitrogens with zero attached hydrogens (tertiary/aromatic N) is 1. The predicted molar refractivity (Wildman–Crippen MR) is 107 cm³/mol. The van der Waals surface area contributed by atoms with E-state index in [1.807, 2.05) is 6.92 Å². The second kappa shape index (κ2) is 8.10. The maximum atomic E-state index is 13.6. The molecule has 1 aliphatic heterocycles. The summed E-state index contributed by atoms with van der Waals surface area (Å²) in [6, 6.07) is 9.80. The van der Waals surface area contributed by atoms with E-state index in [9.17, 15) is 14.0 Å². The highest BCUT2D eigenvalue weighted by Crippen LogP contribution is 2.27. The molecule has 1 fully saturated rings. The van der Waals surface area contributed by atoms with Crippen molar-refractivity contribution in [2.45, 2.75) is 25.5 Å². The van der Waals surface area contributed by atoms with E-state index in [4.69, 9.17) is 11.6 Å². The summed E-state index contributed by atoms with van der Waals surface area (Å²) in [6.07, 6.45) is -0.0106. The van der Waals surface area contributed by atoms with Gasteiger partial charge in [0, 0.05) is 17.1 Å². The predicted octanol–water partition coefficient (Wildman–Crippen LogP) is 4.34. The Hall–Kier alpha value is -2.38. The van der Waals surface area contributed by atoms with Crippen LogP contribution in [0.25, 0.3) is 0 Å². The number of carbonyl (C=O) groups is 2. The molecule has 0 aromatic heterocycles. The van der Waals surface area contributed by atoms with Crippen LogP contribution in [0.5, 0.6) is 0 Å². The van der Waals surface area contributed by atoms with Crippen LogP contribution in [-0.4, -0.2) is 22.2 Å². The lowest BCUT2D eigenvalue weighted by Crippen LogP contribution is -2.28. The van der Waals surface area contributed by atoms with Gasteiger partial charge in [0.15, 0.2) is 5.17 Å². The SMILES string of the molecule is Cc1ccc(N=C2NC(=O)[C@@H](CC(=O)Nc3ccc(C)c(Cl)c3)S2)cc1F. The Bertz CT molecular complexity index is 949. The molecule has 1 heterocycles. The minimum atomic E-state index is -0.597. The van der Waals surface area contributed by atoms with Crippen LogP contribution in [0.4, 0.5) is 15.8 Å². The molecule has 3 rings (SSSR count). The van der Waals surface area contributed by atoms with Crippen LogP contribution in [0, 0.1) is 19.7 Å². The summed E-state index contributed by atoms with van der Waals surface area (Å²) in [6.45, 7) is 3.53. The number of anilines is 1. The minimum absolute atomic E-state index is 0.0106. The van der Waals surface area contributed by atoms with Crippen molar-refractivity contribution in [3.05, 3.63) is 58.4 Å². The molecule has 0 saturated carbocycles. The number of aliphatic imine (C=N–C) groups is 1. The van der Waals surface area contributed by atoms with Crippen molar-refractivity contribution in [3.63, 3.8) is 0 Å². The van der Waals surface area contributed by atoms with Gasteiger partial charge in [-0.25, -0.2) is 9.38 Å². The minimum Gasteiger partial charge on any atom is -0.326 e. The topological polar surface area (TPSA) is 70.6 Å². The van der Waals surface area contributed by atoms with E-state index in [1.165, 1.54) is 6.07 Å². The summed E-state index contributed by atoms with van der Waals surface area (Å²) in [5, 5.41) is 5.66. The zero-order chi connectivity index (χ0) is 19.6. The smallest absolute Gasteiger partial charge is 0.240 e. The monoisotopic (exact) mass is 405 g/mol. The van der Waals surface area contributed by atoms with Crippen molar-refractivity contribution in [2.75, 3.05) is 5.32 Å². The Morgan fingerprint density at radius 3 is 2.70 bits per heavy atom. The van der Waals surface area contributed by atoms with Gasteiger partial charge >= 0.3 is 0 Å². The molecule has 1 atom stereocenters. The molecule has 0 aliphatic carbocycles. The van der Waals surface area contributed by atoms with Crippen molar-refractivity contribution in [3.8, 4) is 0 Å². The van der Waals surface area contributed by atoms with Gasteiger partial charge in [-0.1, -0.05) is 35.5 Å². The number of carbonyl (C=O) groups excluding carboxylic acids is 2. The molecule has 0 spiro atoms. The summed E-state index contributed by atoms with van der Waals surface area (Å²) in [5.41, 5.74) is 2.41. The van der Waals surface area contributed by atoms with Crippen LogP contribution >= 0.6 is 23.4 Å². The van der Waals surface area contributed by atoms with E-state index in [0.717, 1.165) is 17.3 Å². The summed E-state index contributed by atoms with van der Waals surface area (Å²) in [7, 11) is 0. The van der Waals surface area contributed by atoms with Crippen molar-refractivity contribution in [1.29, 1.82) is 0 Å². The van der Waals surface area contributed by atoms with Crippen LogP contribution in [0.15, 0.2) is 41.4 Å². The maximum absolute atomic E-state index is 13.6. The van der Waals surface area contributed by atoms with Crippen molar-refractivity contribution in [1.82, 2.24) is 5.32 Å². The Balaban J connectivity index is 1.63. The Labute approximate surface area is 165 Å². The number of aryl methyl sites for hydroxylation is 2. The average Bonchev–Trinajstić information content (AvgIpc) is 2.93. The van der Waals surface area contributed by atoms with E-state index in [2.05, 4.69) is 15.6 Å². The number of amidine groups is 1. The van der Waals surface area contributed by atoms with Crippen LogP contribution in [-0.2, 0) is 9.59 Å². The van der Waals surface area contributed by atoms with Gasteiger partial charge in [-0.2, -0.15) is 0 Å². The Morgan fingerprint density at radius 1 is 1.26 bits per heavy atom. The highest BCUT2D eigenvalue weighted by molar-refractivity contribution is 8.15. The van der Waals surface area contributed by atoms with Gasteiger partial charge in [0.05, 0.1) is 5.69 Å². The number of hydrogen-bond donors (Lipinski definition) is 2. The lowest BCUT2D eigenvalue weighted by Gasteiger charge is -2.08. The molecule has 0 radical (unpaired) electrons. The van der Waals surface area contributed by atoms with E-state index < -0.39 is 5.25 Å². The summed E-state index contributed by atoms with van der Waals surface area (Å²) in [4.78, 5) is 28.5. The molecular weight excluding hydrogens is 389 g/mol. The largest absolute Gasteiger partial charge is 0.326 e. The number of thioether (sulfide) groups is 1. The highest BCUT2D eigenvalue weighted by Gasteiger charge is 2.32. The lowest BCUT2D eigenvalue weighted by atomic mass is 10.2. The van der Waals surface area contributed by atoms with Gasteiger partial charge < -0.3 is 10.6 Å². The molecule has 2 aromatic carbocycles. The maximum Gasteiger partial charge on any atom is 0.240 e. The first-order valence-electron chi connectivity index (χ1n) is 8.20. The number of rotatable bonds is 4. The quantitative estimate of drug-likeness (QED) is 0.794. The third-order valence-electron chi connectivity index (χ3n) is 3.99. The molecule has 0 unspecified atom stereocenters. The van der Waals surface area contributed by atoms with Crippen LogP contribution in [0.1, 0.15) is 17.5 Å². The fourth-order valence-corrected chi connectivity index (χ4v) is 3.58. The molecule has 1 aliphatic rings. The molecule has 2 aromatic rings. The van der Waals surface area contributed by atoms with E-state index in [0.29, 0.717) is 27.1 Å². The number of nitrogens with one attached hydrogen (secondary N) is 2. The van der Waals surface area contributed by atoms with Crippen molar-refractivity contribution < 1.29 is 14.0 Å². The van der Waals surface area contributed by atoms with Gasteiger partial charge in [0.25, 0.3) is 0 Å². The number of halogens is 2. The number of hydrogen-bond acceptors (Lipinski definition) is 4. The summed E-state index contributed by atoms with van der Waals surface area (Å²) < 4.78 is 13.6. The third-order valence-corrected chi connectivity index (χ3v) is 5.48. The second-order valence-electron chi connectivity index (χ2n) is 6.16. The standard InChI is InChI=1S/C19H17ClFN3O2S/c1-10-3-5-12(7-14(10)20)22-17(25)9-16-18(26)24-19(27-16)23-13-6-4-11(2)15(21)8-13/h3-8,16H,9H2,1-2H3,(H,22,25)(H,23,24,26)/t16-/m1/s1. The third kappa shape index (κ3) is 4.87. The van der Waals surface area contributed by atoms with Gasteiger partial charge in [-0.15, -0.1) is 0 Å². The van der Waals surface area contributed by atoms with Crippen molar-refractivity contribution >= 4 is 51.7 Å². The number of amides is 2. The second-order valence-corrected chi connectivity index (χ2v) is 7.76. The molecule has 2 N–H and O–H groups in total. The van der Waals surface area contributed by atoms with Gasteiger partial charge in [0.2, 0.25) is 11.8 Å². The fraction of sp³-hybridized carbons (Fsp3) is 0.211. The zero-order valence-electron chi connectivity index (χ0n) is 14.7. The fourth-order valence-electron chi connectivity index (χ4n) is 2.41. The number of benzene rings is 2. The first-order valence-corrected chi connectivity index (χ1v) is 9.46. The highest BCUT2D eigenvalue weighted by atomic mass is 35.5. The molecule has 8 heteroatoms. The van der Waals surface area contributed by atoms with E-state index >= 15 is 0 Å². The van der Waals surface area contributed by atoms with Gasteiger partial charge in [-0.3, -0.25) is 9.59 Å². The first kappa shape index (κ1) is 19.4. The Kier molecular flexibility index (Phi) is 5.82. The van der Waals surface area contributed by atoms with E-state index in [1.54, 1.807) is 37.3 Å². The van der Waals surface area contributed by atoms with Gasteiger partial charge in [0.1, 0.15) is 11.1 Å². The molecular formula is C19H17ClFN3O2S.